The molecule has 1 N–H and O–H groups in total. The molecule has 132 valence electrons. The molecule has 7 nitrogen and oxygen atoms in total. The summed E-state index contributed by atoms with van der Waals surface area (Å²) in [5, 5.41) is 7.64. The van der Waals surface area contributed by atoms with E-state index in [1.807, 2.05) is 42.7 Å². The van der Waals surface area contributed by atoms with Crippen LogP contribution in [0, 0.1) is 0 Å². The van der Waals surface area contributed by atoms with Crippen LogP contribution in [0.2, 0.25) is 0 Å². The average molecular weight is 349 g/mol. The van der Waals surface area contributed by atoms with Crippen molar-refractivity contribution in [3.8, 4) is 16.9 Å². The van der Waals surface area contributed by atoms with Crippen molar-refractivity contribution in [3.63, 3.8) is 0 Å². The Morgan fingerprint density at radius 1 is 1.31 bits per heavy atom. The van der Waals surface area contributed by atoms with E-state index < -0.39 is 0 Å². The molecular weight excluding hydrogens is 330 g/mol. The third kappa shape index (κ3) is 3.11. The van der Waals surface area contributed by atoms with Gasteiger partial charge < -0.3 is 15.0 Å². The molecule has 0 atom stereocenters. The molecule has 0 unspecified atom stereocenters. The van der Waals surface area contributed by atoms with Crippen molar-refractivity contribution in [2.45, 2.75) is 0 Å². The molecule has 1 aliphatic heterocycles. The van der Waals surface area contributed by atoms with Gasteiger partial charge in [-0.1, -0.05) is 18.7 Å². The van der Waals surface area contributed by atoms with E-state index in [1.165, 1.54) is 6.08 Å². The molecule has 26 heavy (non-hydrogen) atoms. The van der Waals surface area contributed by atoms with Crippen LogP contribution >= 0.6 is 0 Å². The number of benzene rings is 1. The highest BCUT2D eigenvalue weighted by atomic mass is 16.5. The first kappa shape index (κ1) is 16.1. The number of ether oxygens (including phenoxy) is 1. The first-order valence-electron chi connectivity index (χ1n) is 8.47. The lowest BCUT2D eigenvalue weighted by atomic mass is 10.1. The molecule has 7 heteroatoms. The molecule has 3 aromatic rings. The first-order valence-corrected chi connectivity index (χ1v) is 8.47. The van der Waals surface area contributed by atoms with Crippen LogP contribution in [0.25, 0.3) is 16.8 Å². The molecule has 4 rings (SSSR count). The highest BCUT2D eigenvalue weighted by Crippen LogP contribution is 2.27. The summed E-state index contributed by atoms with van der Waals surface area (Å²) in [5.74, 6) is 1.38. The van der Waals surface area contributed by atoms with Gasteiger partial charge in [-0.25, -0.2) is 9.50 Å². The molecule has 0 aliphatic carbocycles. The second-order valence-electron chi connectivity index (χ2n) is 5.97. The van der Waals surface area contributed by atoms with Gasteiger partial charge in [0.05, 0.1) is 12.7 Å². The molecule has 2 aromatic heterocycles. The van der Waals surface area contributed by atoms with Gasteiger partial charge >= 0.3 is 0 Å². The van der Waals surface area contributed by atoms with Gasteiger partial charge in [0, 0.05) is 24.8 Å². The summed E-state index contributed by atoms with van der Waals surface area (Å²) in [4.78, 5) is 18.4. The molecule has 0 saturated heterocycles. The Balaban J connectivity index is 1.74. The van der Waals surface area contributed by atoms with Gasteiger partial charge in [-0.15, -0.1) is 0 Å². The maximum absolute atomic E-state index is 12.0. The molecule has 1 amide bonds. The smallest absolute Gasteiger partial charge is 0.246 e. The van der Waals surface area contributed by atoms with Crippen LogP contribution in [-0.4, -0.2) is 51.6 Å². The number of carbonyl (C=O) groups is 1. The minimum Gasteiger partial charge on any atom is -0.492 e. The van der Waals surface area contributed by atoms with Crippen molar-refractivity contribution < 1.29 is 9.53 Å². The van der Waals surface area contributed by atoms with Crippen molar-refractivity contribution in [2.24, 2.45) is 0 Å². The first-order chi connectivity index (χ1) is 12.7. The van der Waals surface area contributed by atoms with Crippen molar-refractivity contribution in [3.05, 3.63) is 55.4 Å². The van der Waals surface area contributed by atoms with Crippen LogP contribution in [0.3, 0.4) is 0 Å². The van der Waals surface area contributed by atoms with Gasteiger partial charge in [0.1, 0.15) is 18.2 Å². The Morgan fingerprint density at radius 2 is 2.23 bits per heavy atom. The van der Waals surface area contributed by atoms with E-state index in [9.17, 15) is 4.79 Å². The standard InChI is InChI=1S/C19H19N5O2/c1-2-18(25)23-9-7-20-17-6-8-24-19(22-17)16(13-21-24)14-4-3-5-15(12-14)26-11-10-23/h2-6,8,12-13H,1,7,9-11H2,(H,20,22). The number of rotatable bonds is 1. The van der Waals surface area contributed by atoms with Crippen LogP contribution in [0.5, 0.6) is 5.75 Å². The quantitative estimate of drug-likeness (QED) is 0.682. The highest BCUT2D eigenvalue weighted by molar-refractivity contribution is 5.87. The fourth-order valence-electron chi connectivity index (χ4n) is 2.98. The SMILES string of the molecule is C=CC(=O)N1CCNc2ccn3ncc(c3n2)-c2cccc(c2)OCC1. The zero-order valence-electron chi connectivity index (χ0n) is 14.3. The van der Waals surface area contributed by atoms with E-state index in [0.717, 1.165) is 28.3 Å². The Hall–Kier alpha value is -3.35. The Morgan fingerprint density at radius 3 is 3.12 bits per heavy atom. The fourth-order valence-corrected chi connectivity index (χ4v) is 2.98. The number of fused-ring (bicyclic) bond motifs is 4. The molecule has 0 saturated carbocycles. The van der Waals surface area contributed by atoms with Crippen LogP contribution in [-0.2, 0) is 4.79 Å². The highest BCUT2D eigenvalue weighted by Gasteiger charge is 2.13. The van der Waals surface area contributed by atoms with Crippen molar-refractivity contribution in [2.75, 3.05) is 31.6 Å². The third-order valence-electron chi connectivity index (χ3n) is 4.32. The molecule has 3 heterocycles. The van der Waals surface area contributed by atoms with Gasteiger partial charge in [0.2, 0.25) is 5.91 Å². The van der Waals surface area contributed by atoms with E-state index in [4.69, 9.17) is 4.74 Å². The number of hydrogen-bond donors (Lipinski definition) is 1. The summed E-state index contributed by atoms with van der Waals surface area (Å²) in [6.07, 6.45) is 5.00. The molecule has 4 bridgehead atoms. The summed E-state index contributed by atoms with van der Waals surface area (Å²) < 4.78 is 7.59. The summed E-state index contributed by atoms with van der Waals surface area (Å²) in [7, 11) is 0. The van der Waals surface area contributed by atoms with E-state index in [2.05, 4.69) is 22.0 Å². The van der Waals surface area contributed by atoms with Crippen LogP contribution in [0.1, 0.15) is 0 Å². The van der Waals surface area contributed by atoms with E-state index in [-0.39, 0.29) is 5.91 Å². The number of nitrogens with zero attached hydrogens (tertiary/aromatic N) is 4. The Kier molecular flexibility index (Phi) is 4.27. The third-order valence-corrected chi connectivity index (χ3v) is 4.32. The lowest BCUT2D eigenvalue weighted by molar-refractivity contribution is -0.126. The number of anilines is 1. The largest absolute Gasteiger partial charge is 0.492 e. The fraction of sp³-hybridized carbons (Fsp3) is 0.211. The average Bonchev–Trinajstić information content (AvgIpc) is 3.09. The second kappa shape index (κ2) is 6.87. The van der Waals surface area contributed by atoms with Crippen LogP contribution in [0.15, 0.2) is 55.4 Å². The number of aromatic nitrogens is 3. The van der Waals surface area contributed by atoms with Crippen molar-refractivity contribution in [1.82, 2.24) is 19.5 Å². The van der Waals surface area contributed by atoms with E-state index >= 15 is 0 Å². The monoisotopic (exact) mass is 349 g/mol. The summed E-state index contributed by atoms with van der Waals surface area (Å²) in [6, 6.07) is 9.68. The van der Waals surface area contributed by atoms with Crippen molar-refractivity contribution in [1.29, 1.82) is 0 Å². The number of amides is 1. The van der Waals surface area contributed by atoms with Gasteiger partial charge in [-0.3, -0.25) is 4.79 Å². The van der Waals surface area contributed by atoms with Crippen molar-refractivity contribution >= 4 is 17.4 Å². The topological polar surface area (TPSA) is 71.8 Å². The number of carbonyl (C=O) groups excluding carboxylic acids is 1. The molecule has 0 fully saturated rings. The van der Waals surface area contributed by atoms with Gasteiger partial charge in [0.25, 0.3) is 0 Å². The minimum atomic E-state index is -0.113. The lowest BCUT2D eigenvalue weighted by Crippen LogP contribution is -2.37. The predicted molar refractivity (Wildman–Crippen MR) is 99.2 cm³/mol. The van der Waals surface area contributed by atoms with E-state index in [1.54, 1.807) is 9.42 Å². The molecule has 1 aliphatic rings. The molecule has 0 spiro atoms. The molecular formula is C19H19N5O2. The second-order valence-corrected chi connectivity index (χ2v) is 5.97. The van der Waals surface area contributed by atoms with Gasteiger partial charge in [-0.2, -0.15) is 5.10 Å². The van der Waals surface area contributed by atoms with Gasteiger partial charge in [0.15, 0.2) is 5.65 Å². The maximum atomic E-state index is 12.0. The van der Waals surface area contributed by atoms with Crippen LogP contribution < -0.4 is 10.1 Å². The van der Waals surface area contributed by atoms with Crippen LogP contribution in [0.4, 0.5) is 5.82 Å². The van der Waals surface area contributed by atoms with E-state index in [0.29, 0.717) is 26.2 Å². The predicted octanol–water partition coefficient (Wildman–Crippen LogP) is 2.22. The number of hydrogen-bond acceptors (Lipinski definition) is 5. The molecule has 0 radical (unpaired) electrons. The Bertz CT molecular complexity index is 965. The zero-order valence-corrected chi connectivity index (χ0v) is 14.3. The summed E-state index contributed by atoms with van der Waals surface area (Å²) in [5.41, 5.74) is 2.70. The summed E-state index contributed by atoms with van der Waals surface area (Å²) >= 11 is 0. The summed E-state index contributed by atoms with van der Waals surface area (Å²) in [6.45, 7) is 5.59. The lowest BCUT2D eigenvalue weighted by Gasteiger charge is -2.22. The normalized spacial score (nSPS) is 14.4. The maximum Gasteiger partial charge on any atom is 0.246 e. The number of nitrogens with one attached hydrogen (secondary N) is 1. The zero-order chi connectivity index (χ0) is 17.9. The minimum absolute atomic E-state index is 0.113. The van der Waals surface area contributed by atoms with Gasteiger partial charge in [-0.05, 0) is 29.8 Å². The Labute approximate surface area is 150 Å². The molecule has 1 aromatic carbocycles.